The quantitative estimate of drug-likeness (QED) is 0.618. The molecule has 0 aliphatic carbocycles. The maximum atomic E-state index is 5.63. The summed E-state index contributed by atoms with van der Waals surface area (Å²) in [5, 5.41) is 0. The minimum atomic E-state index is 0.288. The lowest BCUT2D eigenvalue weighted by molar-refractivity contribution is 0.0435. The lowest BCUT2D eigenvalue weighted by Gasteiger charge is -2.26. The van der Waals surface area contributed by atoms with Crippen molar-refractivity contribution in [1.29, 1.82) is 0 Å². The number of hydrogen-bond donors (Lipinski definition) is 1. The van der Waals surface area contributed by atoms with Crippen LogP contribution in [0.4, 0.5) is 0 Å². The molecule has 0 heterocycles. The fraction of sp³-hybridized carbons (Fsp3) is 1.00. The van der Waals surface area contributed by atoms with Gasteiger partial charge in [0.05, 0.1) is 19.3 Å². The van der Waals surface area contributed by atoms with Crippen LogP contribution in [-0.4, -0.2) is 57.5 Å². The molecule has 86 valence electrons. The van der Waals surface area contributed by atoms with Gasteiger partial charge in [-0.2, -0.15) is 0 Å². The minimum Gasteiger partial charge on any atom is -0.383 e. The lowest BCUT2D eigenvalue weighted by Crippen LogP contribution is -2.42. The van der Waals surface area contributed by atoms with Gasteiger partial charge in [-0.25, -0.2) is 0 Å². The zero-order valence-corrected chi connectivity index (χ0v) is 9.82. The largest absolute Gasteiger partial charge is 0.383 e. The lowest BCUT2D eigenvalue weighted by atomic mass is 10.3. The molecule has 1 unspecified atom stereocenters. The highest BCUT2D eigenvalue weighted by Crippen LogP contribution is 1.96. The van der Waals surface area contributed by atoms with Gasteiger partial charge in [0.15, 0.2) is 0 Å². The topological polar surface area (TPSA) is 47.7 Å². The smallest absolute Gasteiger partial charge is 0.0630 e. The van der Waals surface area contributed by atoms with E-state index in [4.69, 9.17) is 15.2 Å². The zero-order valence-electron chi connectivity index (χ0n) is 9.82. The minimum absolute atomic E-state index is 0.288. The van der Waals surface area contributed by atoms with Gasteiger partial charge in [-0.15, -0.1) is 0 Å². The maximum absolute atomic E-state index is 5.63. The molecule has 0 radical (unpaired) electrons. The van der Waals surface area contributed by atoms with Crippen molar-refractivity contribution in [1.82, 2.24) is 4.90 Å². The van der Waals surface area contributed by atoms with Crippen LogP contribution in [0.2, 0.25) is 0 Å². The average molecular weight is 204 g/mol. The predicted octanol–water partition coefficient (Wildman–Crippen LogP) is 0.317. The SMILES string of the molecule is COCC(CN)N(C)CCOC(C)C. The molecule has 1 atom stereocenters. The molecule has 4 nitrogen and oxygen atoms in total. The summed E-state index contributed by atoms with van der Waals surface area (Å²) in [5.41, 5.74) is 5.63. The number of rotatable bonds is 8. The number of likely N-dealkylation sites (N-methyl/N-ethyl adjacent to an activating group) is 1. The fourth-order valence-corrected chi connectivity index (χ4v) is 1.18. The van der Waals surface area contributed by atoms with E-state index in [1.54, 1.807) is 7.11 Å². The van der Waals surface area contributed by atoms with Crippen molar-refractivity contribution in [2.75, 3.05) is 40.5 Å². The van der Waals surface area contributed by atoms with Crippen LogP contribution in [0.5, 0.6) is 0 Å². The maximum Gasteiger partial charge on any atom is 0.0630 e. The van der Waals surface area contributed by atoms with E-state index in [2.05, 4.69) is 4.90 Å². The van der Waals surface area contributed by atoms with Gasteiger partial charge < -0.3 is 15.2 Å². The molecular weight excluding hydrogens is 180 g/mol. The molecule has 0 spiro atoms. The average Bonchev–Trinajstić information content (AvgIpc) is 2.13. The van der Waals surface area contributed by atoms with E-state index < -0.39 is 0 Å². The summed E-state index contributed by atoms with van der Waals surface area (Å²) in [7, 11) is 3.74. The van der Waals surface area contributed by atoms with Crippen LogP contribution in [0.15, 0.2) is 0 Å². The van der Waals surface area contributed by atoms with Gasteiger partial charge >= 0.3 is 0 Å². The summed E-state index contributed by atoms with van der Waals surface area (Å²) in [4.78, 5) is 2.17. The van der Waals surface area contributed by atoms with Gasteiger partial charge in [-0.05, 0) is 20.9 Å². The molecule has 4 heteroatoms. The molecule has 0 aromatic carbocycles. The van der Waals surface area contributed by atoms with Gasteiger partial charge in [0.25, 0.3) is 0 Å². The van der Waals surface area contributed by atoms with Gasteiger partial charge in [-0.1, -0.05) is 0 Å². The van der Waals surface area contributed by atoms with E-state index in [1.807, 2.05) is 20.9 Å². The number of methoxy groups -OCH3 is 1. The van der Waals surface area contributed by atoms with E-state index in [-0.39, 0.29) is 6.04 Å². The molecule has 0 aliphatic rings. The van der Waals surface area contributed by atoms with Crippen LogP contribution >= 0.6 is 0 Å². The van der Waals surface area contributed by atoms with Crippen LogP contribution in [0.25, 0.3) is 0 Å². The number of nitrogens with zero attached hydrogens (tertiary/aromatic N) is 1. The molecule has 0 aromatic rings. The van der Waals surface area contributed by atoms with Crippen molar-refractivity contribution in [2.45, 2.75) is 26.0 Å². The molecule has 0 bridgehead atoms. The monoisotopic (exact) mass is 204 g/mol. The summed E-state index contributed by atoms with van der Waals surface area (Å²) in [6.07, 6.45) is 0.294. The van der Waals surface area contributed by atoms with E-state index in [9.17, 15) is 0 Å². The van der Waals surface area contributed by atoms with Gasteiger partial charge in [-0.3, -0.25) is 4.90 Å². The first-order chi connectivity index (χ1) is 6.61. The van der Waals surface area contributed by atoms with E-state index in [1.165, 1.54) is 0 Å². The Morgan fingerprint density at radius 1 is 1.36 bits per heavy atom. The second-order valence-corrected chi connectivity index (χ2v) is 3.75. The van der Waals surface area contributed by atoms with Gasteiger partial charge in [0.1, 0.15) is 0 Å². The molecule has 0 saturated carbocycles. The Morgan fingerprint density at radius 3 is 2.43 bits per heavy atom. The Morgan fingerprint density at radius 2 is 2.00 bits per heavy atom. The molecule has 0 rings (SSSR count). The van der Waals surface area contributed by atoms with Crippen LogP contribution in [0.3, 0.4) is 0 Å². The van der Waals surface area contributed by atoms with E-state index in [0.29, 0.717) is 19.3 Å². The summed E-state index contributed by atoms with van der Waals surface area (Å²) in [6.45, 7) is 7.00. The number of nitrogens with two attached hydrogens (primary N) is 1. The van der Waals surface area contributed by atoms with Crippen molar-refractivity contribution in [3.63, 3.8) is 0 Å². The van der Waals surface area contributed by atoms with E-state index in [0.717, 1.165) is 13.2 Å². The second-order valence-electron chi connectivity index (χ2n) is 3.75. The molecule has 0 fully saturated rings. The summed E-state index contributed by atoms with van der Waals surface area (Å²) in [5.74, 6) is 0. The highest BCUT2D eigenvalue weighted by atomic mass is 16.5. The molecule has 0 aromatic heterocycles. The van der Waals surface area contributed by atoms with Crippen molar-refractivity contribution in [3.8, 4) is 0 Å². The summed E-state index contributed by atoms with van der Waals surface area (Å²) in [6, 6.07) is 0.288. The standard InChI is InChI=1S/C10H24N2O2/c1-9(2)14-6-5-12(3)10(7-11)8-13-4/h9-10H,5-8,11H2,1-4H3. The molecular formula is C10H24N2O2. The Labute approximate surface area is 87.4 Å². The van der Waals surface area contributed by atoms with Crippen molar-refractivity contribution in [2.24, 2.45) is 5.73 Å². The predicted molar refractivity (Wildman–Crippen MR) is 58.4 cm³/mol. The van der Waals surface area contributed by atoms with Gasteiger partial charge in [0.2, 0.25) is 0 Å². The third-order valence-corrected chi connectivity index (χ3v) is 2.15. The molecule has 2 N–H and O–H groups in total. The number of hydrogen-bond acceptors (Lipinski definition) is 4. The third kappa shape index (κ3) is 6.32. The van der Waals surface area contributed by atoms with Crippen LogP contribution < -0.4 is 5.73 Å². The first-order valence-corrected chi connectivity index (χ1v) is 5.12. The molecule has 14 heavy (non-hydrogen) atoms. The van der Waals surface area contributed by atoms with Crippen LogP contribution in [0, 0.1) is 0 Å². The third-order valence-electron chi connectivity index (χ3n) is 2.15. The Balaban J connectivity index is 3.63. The van der Waals surface area contributed by atoms with Gasteiger partial charge in [0, 0.05) is 26.2 Å². The summed E-state index contributed by atoms with van der Waals surface area (Å²) >= 11 is 0. The van der Waals surface area contributed by atoms with Crippen molar-refractivity contribution >= 4 is 0 Å². The van der Waals surface area contributed by atoms with Crippen molar-refractivity contribution < 1.29 is 9.47 Å². The van der Waals surface area contributed by atoms with Crippen molar-refractivity contribution in [3.05, 3.63) is 0 Å². The molecule has 0 saturated heterocycles. The van der Waals surface area contributed by atoms with E-state index >= 15 is 0 Å². The Bertz CT molecular complexity index is 131. The summed E-state index contributed by atoms with van der Waals surface area (Å²) < 4.78 is 10.5. The number of ether oxygens (including phenoxy) is 2. The molecule has 0 aliphatic heterocycles. The highest BCUT2D eigenvalue weighted by Gasteiger charge is 2.12. The normalized spacial score (nSPS) is 13.9. The fourth-order valence-electron chi connectivity index (χ4n) is 1.18. The van der Waals surface area contributed by atoms with Crippen LogP contribution in [-0.2, 0) is 9.47 Å². The first-order valence-electron chi connectivity index (χ1n) is 5.12. The van der Waals surface area contributed by atoms with Crippen LogP contribution in [0.1, 0.15) is 13.8 Å². The Hall–Kier alpha value is -0.160. The zero-order chi connectivity index (χ0) is 11.0. The highest BCUT2D eigenvalue weighted by molar-refractivity contribution is 4.68. The second kappa shape index (κ2) is 8.17. The first kappa shape index (κ1) is 13.8. The molecule has 0 amide bonds. The Kier molecular flexibility index (Phi) is 8.08.